The normalized spacial score (nSPS) is 27.4. The summed E-state index contributed by atoms with van der Waals surface area (Å²) in [7, 11) is 0. The number of aliphatic hydroxyl groups is 4. The Balaban J connectivity index is 1.78. The van der Waals surface area contributed by atoms with Crippen LogP contribution in [0.4, 0.5) is 0 Å². The SMILES string of the molecule is O=C(O)c1ccc(-c2ccc(O[C@H]3OC(CO)[C@@H](O)C(O)C3O)c(Cl)c2)cc1. The van der Waals surface area contributed by atoms with E-state index in [2.05, 4.69) is 0 Å². The van der Waals surface area contributed by atoms with Crippen LogP contribution in [0.5, 0.6) is 5.75 Å². The molecule has 1 heterocycles. The number of carboxylic acids is 1. The third-order valence-corrected chi connectivity index (χ3v) is 4.78. The van der Waals surface area contributed by atoms with Gasteiger partial charge in [0.2, 0.25) is 6.29 Å². The van der Waals surface area contributed by atoms with Crippen LogP contribution >= 0.6 is 11.6 Å². The van der Waals surface area contributed by atoms with Crippen molar-refractivity contribution in [3.63, 3.8) is 0 Å². The van der Waals surface area contributed by atoms with Gasteiger partial charge in [0, 0.05) is 0 Å². The minimum Gasteiger partial charge on any atom is -0.478 e. The third-order valence-electron chi connectivity index (χ3n) is 4.49. The van der Waals surface area contributed by atoms with E-state index in [1.54, 1.807) is 24.3 Å². The Morgan fingerprint density at radius 3 is 2.21 bits per heavy atom. The predicted molar refractivity (Wildman–Crippen MR) is 98.2 cm³/mol. The predicted octanol–water partition coefficient (Wildman–Crippen LogP) is 0.884. The van der Waals surface area contributed by atoms with Gasteiger partial charge in [0.1, 0.15) is 30.2 Å². The van der Waals surface area contributed by atoms with E-state index in [4.69, 9.17) is 26.2 Å². The van der Waals surface area contributed by atoms with Gasteiger partial charge in [-0.3, -0.25) is 0 Å². The minimum absolute atomic E-state index is 0.164. The molecular formula is C19H19ClO8. The number of hydrogen-bond donors (Lipinski definition) is 5. The first kappa shape index (κ1) is 20.5. The molecule has 2 aromatic carbocycles. The fraction of sp³-hybridized carbons (Fsp3) is 0.316. The zero-order chi connectivity index (χ0) is 20.4. The lowest BCUT2D eigenvalue weighted by Gasteiger charge is -2.39. The number of hydrogen-bond acceptors (Lipinski definition) is 7. The van der Waals surface area contributed by atoms with Crippen LogP contribution < -0.4 is 4.74 Å². The standard InChI is InChI=1S/C19H19ClO8/c20-12-7-11(9-1-3-10(4-2-9)18(25)26)5-6-13(12)27-19-17(24)16(23)15(22)14(8-21)28-19/h1-7,14-17,19,21-24H,8H2,(H,25,26)/t14?,15-,16?,17?,19+/m1/s1. The third kappa shape index (κ3) is 4.12. The molecule has 8 nitrogen and oxygen atoms in total. The molecule has 3 unspecified atom stereocenters. The summed E-state index contributed by atoms with van der Waals surface area (Å²) in [5.74, 6) is -0.857. The van der Waals surface area contributed by atoms with Crippen LogP contribution in [0.2, 0.25) is 5.02 Å². The molecule has 1 aliphatic rings. The summed E-state index contributed by atoms with van der Waals surface area (Å²) in [4.78, 5) is 10.9. The van der Waals surface area contributed by atoms with Gasteiger partial charge >= 0.3 is 5.97 Å². The van der Waals surface area contributed by atoms with Crippen molar-refractivity contribution in [1.29, 1.82) is 0 Å². The lowest BCUT2D eigenvalue weighted by Crippen LogP contribution is -2.60. The van der Waals surface area contributed by atoms with E-state index in [1.165, 1.54) is 18.2 Å². The van der Waals surface area contributed by atoms with E-state index in [1.807, 2.05) is 0 Å². The molecule has 0 aliphatic carbocycles. The Bertz CT molecular complexity index is 838. The molecule has 9 heteroatoms. The summed E-state index contributed by atoms with van der Waals surface area (Å²) < 4.78 is 10.8. The number of aromatic carboxylic acids is 1. The molecule has 0 bridgehead atoms. The largest absolute Gasteiger partial charge is 0.478 e. The first-order chi connectivity index (χ1) is 13.3. The van der Waals surface area contributed by atoms with Crippen LogP contribution in [0.15, 0.2) is 42.5 Å². The lowest BCUT2D eigenvalue weighted by molar-refractivity contribution is -0.277. The summed E-state index contributed by atoms with van der Waals surface area (Å²) >= 11 is 6.25. The molecule has 28 heavy (non-hydrogen) atoms. The van der Waals surface area contributed by atoms with E-state index in [-0.39, 0.29) is 16.3 Å². The fourth-order valence-electron chi connectivity index (χ4n) is 2.87. The summed E-state index contributed by atoms with van der Waals surface area (Å²) in [6, 6.07) is 11.1. The van der Waals surface area contributed by atoms with E-state index in [9.17, 15) is 25.2 Å². The summed E-state index contributed by atoms with van der Waals surface area (Å²) in [5.41, 5.74) is 1.62. The van der Waals surface area contributed by atoms with Crippen LogP contribution in [0.1, 0.15) is 10.4 Å². The van der Waals surface area contributed by atoms with Crippen molar-refractivity contribution in [3.05, 3.63) is 53.1 Å². The maximum atomic E-state index is 10.9. The number of carboxylic acid groups (broad SMARTS) is 1. The number of ether oxygens (including phenoxy) is 2. The van der Waals surface area contributed by atoms with Gasteiger partial charge in [-0.25, -0.2) is 4.79 Å². The Morgan fingerprint density at radius 2 is 1.64 bits per heavy atom. The lowest BCUT2D eigenvalue weighted by atomic mass is 9.99. The van der Waals surface area contributed by atoms with E-state index in [0.29, 0.717) is 5.56 Å². The average molecular weight is 411 g/mol. The molecule has 1 fully saturated rings. The number of rotatable bonds is 5. The molecule has 3 rings (SSSR count). The Morgan fingerprint density at radius 1 is 1.00 bits per heavy atom. The summed E-state index contributed by atoms with van der Waals surface area (Å²) in [5, 5.41) is 48.0. The highest BCUT2D eigenvalue weighted by molar-refractivity contribution is 6.32. The van der Waals surface area contributed by atoms with Crippen molar-refractivity contribution in [1.82, 2.24) is 0 Å². The van der Waals surface area contributed by atoms with Crippen molar-refractivity contribution in [2.45, 2.75) is 30.7 Å². The fourth-order valence-corrected chi connectivity index (χ4v) is 3.10. The highest BCUT2D eigenvalue weighted by Gasteiger charge is 2.44. The van der Waals surface area contributed by atoms with Crippen molar-refractivity contribution < 1.29 is 39.8 Å². The van der Waals surface area contributed by atoms with E-state index in [0.717, 1.165) is 5.56 Å². The Kier molecular flexibility index (Phi) is 6.19. The number of aliphatic hydroxyl groups excluding tert-OH is 4. The van der Waals surface area contributed by atoms with Gasteiger partial charge in [0.05, 0.1) is 17.2 Å². The Hall–Kier alpha value is -2.20. The molecule has 0 saturated carbocycles. The van der Waals surface area contributed by atoms with Crippen LogP contribution in [-0.2, 0) is 4.74 Å². The van der Waals surface area contributed by atoms with E-state index < -0.39 is 43.3 Å². The van der Waals surface area contributed by atoms with Gasteiger partial charge in [-0.1, -0.05) is 29.8 Å². The molecule has 0 aromatic heterocycles. The summed E-state index contributed by atoms with van der Waals surface area (Å²) in [6.07, 6.45) is -7.01. The zero-order valence-electron chi connectivity index (χ0n) is 14.5. The van der Waals surface area contributed by atoms with Gasteiger partial charge in [0.15, 0.2) is 0 Å². The van der Waals surface area contributed by atoms with Crippen molar-refractivity contribution in [3.8, 4) is 16.9 Å². The molecule has 0 spiro atoms. The average Bonchev–Trinajstić information content (AvgIpc) is 2.69. The second-order valence-corrected chi connectivity index (χ2v) is 6.75. The Labute approximate surface area is 165 Å². The topological polar surface area (TPSA) is 137 Å². The maximum Gasteiger partial charge on any atom is 0.335 e. The first-order valence-electron chi connectivity index (χ1n) is 8.42. The molecule has 150 valence electrons. The molecule has 5 atom stereocenters. The molecule has 0 radical (unpaired) electrons. The van der Waals surface area contributed by atoms with Crippen LogP contribution in [0.25, 0.3) is 11.1 Å². The smallest absolute Gasteiger partial charge is 0.335 e. The van der Waals surface area contributed by atoms with Crippen molar-refractivity contribution in [2.24, 2.45) is 0 Å². The van der Waals surface area contributed by atoms with E-state index >= 15 is 0 Å². The molecular weight excluding hydrogens is 392 g/mol. The number of halogens is 1. The minimum atomic E-state index is -1.55. The van der Waals surface area contributed by atoms with Crippen LogP contribution in [0, 0.1) is 0 Å². The second-order valence-electron chi connectivity index (χ2n) is 6.34. The van der Waals surface area contributed by atoms with Gasteiger partial charge in [-0.05, 0) is 35.4 Å². The van der Waals surface area contributed by atoms with Gasteiger partial charge < -0.3 is 35.0 Å². The molecule has 5 N–H and O–H groups in total. The van der Waals surface area contributed by atoms with Gasteiger partial charge in [0.25, 0.3) is 0 Å². The number of benzene rings is 2. The van der Waals surface area contributed by atoms with Crippen molar-refractivity contribution in [2.75, 3.05) is 6.61 Å². The summed E-state index contributed by atoms with van der Waals surface area (Å²) in [6.45, 7) is -0.566. The molecule has 2 aromatic rings. The molecule has 1 saturated heterocycles. The van der Waals surface area contributed by atoms with Crippen molar-refractivity contribution >= 4 is 17.6 Å². The van der Waals surface area contributed by atoms with Gasteiger partial charge in [-0.15, -0.1) is 0 Å². The number of carbonyl (C=O) groups is 1. The second kappa shape index (κ2) is 8.44. The van der Waals surface area contributed by atoms with Crippen LogP contribution in [-0.4, -0.2) is 68.8 Å². The molecule has 1 aliphatic heterocycles. The van der Waals surface area contributed by atoms with Crippen LogP contribution in [0.3, 0.4) is 0 Å². The van der Waals surface area contributed by atoms with Gasteiger partial charge in [-0.2, -0.15) is 0 Å². The molecule has 0 amide bonds. The monoisotopic (exact) mass is 410 g/mol. The highest BCUT2D eigenvalue weighted by atomic mass is 35.5. The highest BCUT2D eigenvalue weighted by Crippen LogP contribution is 2.33. The zero-order valence-corrected chi connectivity index (χ0v) is 15.2. The first-order valence-corrected chi connectivity index (χ1v) is 8.80. The quantitative estimate of drug-likeness (QED) is 0.490. The maximum absolute atomic E-state index is 10.9.